The molecule has 0 aromatic rings. The summed E-state index contributed by atoms with van der Waals surface area (Å²) in [5.74, 6) is -0.908. The number of carbonyl (C=O) groups is 2. The van der Waals surface area contributed by atoms with Crippen LogP contribution in [-0.2, 0) is 9.59 Å². The molecule has 0 saturated carbocycles. The van der Waals surface area contributed by atoms with E-state index in [9.17, 15) is 4.79 Å². The van der Waals surface area contributed by atoms with E-state index in [1.807, 2.05) is 7.05 Å². The minimum atomic E-state index is -0.908. The first-order valence-corrected chi connectivity index (χ1v) is 4.86. The highest BCUT2D eigenvalue weighted by atomic mass is 16.4. The molecule has 0 bridgehead atoms. The van der Waals surface area contributed by atoms with E-state index >= 15 is 0 Å². The van der Waals surface area contributed by atoms with Crippen molar-refractivity contribution in [2.24, 2.45) is 11.5 Å². The van der Waals surface area contributed by atoms with E-state index in [1.54, 1.807) is 0 Å². The normalized spacial score (nSPS) is 11.1. The molecule has 0 aromatic heterocycles. The van der Waals surface area contributed by atoms with Crippen LogP contribution in [0.25, 0.3) is 0 Å². The summed E-state index contributed by atoms with van der Waals surface area (Å²) >= 11 is 0. The van der Waals surface area contributed by atoms with Gasteiger partial charge in [-0.25, -0.2) is 0 Å². The van der Waals surface area contributed by atoms with Crippen LogP contribution >= 0.6 is 0 Å². The average Bonchev–Trinajstić information content (AvgIpc) is 2.24. The van der Waals surface area contributed by atoms with Gasteiger partial charge in [0, 0.05) is 6.54 Å². The van der Waals surface area contributed by atoms with E-state index in [2.05, 4.69) is 11.1 Å². The largest absolute Gasteiger partial charge is 0.480 e. The van der Waals surface area contributed by atoms with Gasteiger partial charge in [0.25, 0.3) is 0 Å². The first kappa shape index (κ1) is 16.4. The number of nitrogens with one attached hydrogen (secondary N) is 1. The molecule has 0 aliphatic rings. The van der Waals surface area contributed by atoms with E-state index < -0.39 is 12.0 Å². The molecule has 0 aliphatic heterocycles. The fourth-order valence-corrected chi connectivity index (χ4v) is 0.790. The van der Waals surface area contributed by atoms with Crippen molar-refractivity contribution in [3.63, 3.8) is 0 Å². The van der Waals surface area contributed by atoms with Crippen LogP contribution in [0.15, 0.2) is 0 Å². The maximum absolute atomic E-state index is 10.2. The second-order valence-corrected chi connectivity index (χ2v) is 2.95. The molecule has 1 atom stereocenters. The summed E-state index contributed by atoms with van der Waals surface area (Å²) in [5.41, 5.74) is 9.94. The molecule has 0 aliphatic carbocycles. The summed E-state index contributed by atoms with van der Waals surface area (Å²) in [4.78, 5) is 19.3. The lowest BCUT2D eigenvalue weighted by Crippen LogP contribution is -2.29. The second kappa shape index (κ2) is 13.0. The number of carbonyl (C=O) groups excluding carboxylic acids is 1. The highest BCUT2D eigenvalue weighted by molar-refractivity contribution is 5.72. The molecule has 90 valence electrons. The van der Waals surface area contributed by atoms with Crippen molar-refractivity contribution >= 4 is 12.3 Å². The predicted molar refractivity (Wildman–Crippen MR) is 58.5 cm³/mol. The third kappa shape index (κ3) is 15.7. The summed E-state index contributed by atoms with van der Waals surface area (Å²) < 4.78 is 0. The SMILES string of the molecule is CNCCCCC(N)C(=O)O.NCC=O. The van der Waals surface area contributed by atoms with Crippen LogP contribution in [0.1, 0.15) is 19.3 Å². The monoisotopic (exact) mass is 219 g/mol. The number of unbranched alkanes of at least 4 members (excludes halogenated alkanes) is 1. The van der Waals surface area contributed by atoms with Gasteiger partial charge in [-0.1, -0.05) is 6.42 Å². The van der Waals surface area contributed by atoms with Crippen molar-refractivity contribution < 1.29 is 14.7 Å². The van der Waals surface area contributed by atoms with Gasteiger partial charge in [-0.05, 0) is 26.4 Å². The zero-order chi connectivity index (χ0) is 12.1. The lowest BCUT2D eigenvalue weighted by atomic mass is 10.1. The van der Waals surface area contributed by atoms with Gasteiger partial charge < -0.3 is 26.7 Å². The van der Waals surface area contributed by atoms with E-state index in [4.69, 9.17) is 15.6 Å². The number of aldehydes is 1. The van der Waals surface area contributed by atoms with Crippen LogP contribution in [0.4, 0.5) is 0 Å². The van der Waals surface area contributed by atoms with E-state index in [1.165, 1.54) is 0 Å². The summed E-state index contributed by atoms with van der Waals surface area (Å²) in [7, 11) is 1.87. The summed E-state index contributed by atoms with van der Waals surface area (Å²) in [6.07, 6.45) is 3.07. The predicted octanol–water partition coefficient (Wildman–Crippen LogP) is -1.07. The van der Waals surface area contributed by atoms with Crippen molar-refractivity contribution in [2.45, 2.75) is 25.3 Å². The fourth-order valence-electron chi connectivity index (χ4n) is 0.790. The Morgan fingerprint density at radius 1 is 1.53 bits per heavy atom. The Hall–Kier alpha value is -0.980. The van der Waals surface area contributed by atoms with Crippen LogP contribution in [0, 0.1) is 0 Å². The number of nitrogens with two attached hydrogens (primary N) is 2. The molecule has 0 spiro atoms. The molecule has 15 heavy (non-hydrogen) atoms. The van der Waals surface area contributed by atoms with Crippen molar-refractivity contribution in [1.82, 2.24) is 5.32 Å². The maximum atomic E-state index is 10.2. The highest BCUT2D eigenvalue weighted by Gasteiger charge is 2.09. The number of aliphatic carboxylic acids is 1. The van der Waals surface area contributed by atoms with Gasteiger partial charge in [0.05, 0.1) is 0 Å². The van der Waals surface area contributed by atoms with Gasteiger partial charge in [0.2, 0.25) is 0 Å². The second-order valence-electron chi connectivity index (χ2n) is 2.95. The van der Waals surface area contributed by atoms with Gasteiger partial charge in [-0.15, -0.1) is 0 Å². The van der Waals surface area contributed by atoms with E-state index in [0.717, 1.165) is 19.4 Å². The fraction of sp³-hybridized carbons (Fsp3) is 0.778. The minimum Gasteiger partial charge on any atom is -0.480 e. The highest BCUT2D eigenvalue weighted by Crippen LogP contribution is 1.97. The Bertz CT molecular complexity index is 165. The van der Waals surface area contributed by atoms with Crippen LogP contribution in [0.5, 0.6) is 0 Å². The number of carboxylic acid groups (broad SMARTS) is 1. The van der Waals surface area contributed by atoms with Gasteiger partial charge in [-0.3, -0.25) is 4.79 Å². The Morgan fingerprint density at radius 3 is 2.40 bits per heavy atom. The third-order valence-electron chi connectivity index (χ3n) is 1.61. The molecule has 0 radical (unpaired) electrons. The molecule has 0 fully saturated rings. The number of rotatable bonds is 7. The van der Waals surface area contributed by atoms with Crippen molar-refractivity contribution in [2.75, 3.05) is 20.1 Å². The molecular weight excluding hydrogens is 198 g/mol. The van der Waals surface area contributed by atoms with E-state index in [0.29, 0.717) is 12.7 Å². The number of hydrogen-bond acceptors (Lipinski definition) is 5. The van der Waals surface area contributed by atoms with Crippen LogP contribution in [0.2, 0.25) is 0 Å². The lowest BCUT2D eigenvalue weighted by molar-refractivity contribution is -0.138. The zero-order valence-corrected chi connectivity index (χ0v) is 9.11. The molecular formula is C9H21N3O3. The Labute approximate surface area is 90.0 Å². The van der Waals surface area contributed by atoms with Crippen LogP contribution < -0.4 is 16.8 Å². The molecule has 0 rings (SSSR count). The summed E-state index contributed by atoms with van der Waals surface area (Å²) in [6.45, 7) is 1.06. The zero-order valence-electron chi connectivity index (χ0n) is 9.11. The molecule has 1 unspecified atom stereocenters. The standard InChI is InChI=1S/C7H16N2O2.C2H5NO/c1-9-5-3-2-4-6(8)7(10)11;3-1-2-4/h6,9H,2-5,8H2,1H3,(H,10,11);2H,1,3H2. The molecule has 6 heteroatoms. The lowest BCUT2D eigenvalue weighted by Gasteiger charge is -2.04. The Kier molecular flexibility index (Phi) is 14.3. The summed E-state index contributed by atoms with van der Waals surface area (Å²) in [5, 5.41) is 11.4. The topological polar surface area (TPSA) is 118 Å². The molecule has 0 aromatic carbocycles. The van der Waals surface area contributed by atoms with Crippen LogP contribution in [0.3, 0.4) is 0 Å². The number of hydrogen-bond donors (Lipinski definition) is 4. The van der Waals surface area contributed by atoms with Gasteiger partial charge in [0.15, 0.2) is 0 Å². The Balaban J connectivity index is 0. The van der Waals surface area contributed by atoms with E-state index in [-0.39, 0.29) is 6.54 Å². The molecule has 6 nitrogen and oxygen atoms in total. The summed E-state index contributed by atoms with van der Waals surface area (Å²) in [6, 6.07) is -0.688. The first-order valence-electron chi connectivity index (χ1n) is 4.86. The quantitative estimate of drug-likeness (QED) is 0.320. The Morgan fingerprint density at radius 2 is 2.07 bits per heavy atom. The van der Waals surface area contributed by atoms with Crippen molar-refractivity contribution in [1.29, 1.82) is 0 Å². The minimum absolute atomic E-state index is 0.139. The third-order valence-corrected chi connectivity index (χ3v) is 1.61. The van der Waals surface area contributed by atoms with Crippen LogP contribution in [-0.4, -0.2) is 43.5 Å². The average molecular weight is 219 g/mol. The number of carboxylic acids is 1. The maximum Gasteiger partial charge on any atom is 0.320 e. The molecule has 0 saturated heterocycles. The molecule has 0 heterocycles. The van der Waals surface area contributed by atoms with Gasteiger partial charge >= 0.3 is 5.97 Å². The molecule has 6 N–H and O–H groups in total. The first-order chi connectivity index (χ1) is 7.09. The van der Waals surface area contributed by atoms with Crippen molar-refractivity contribution in [3.8, 4) is 0 Å². The van der Waals surface area contributed by atoms with Crippen molar-refractivity contribution in [3.05, 3.63) is 0 Å². The van der Waals surface area contributed by atoms with Gasteiger partial charge in [-0.2, -0.15) is 0 Å². The smallest absolute Gasteiger partial charge is 0.320 e. The molecule has 0 amide bonds. The van der Waals surface area contributed by atoms with Gasteiger partial charge in [0.1, 0.15) is 12.3 Å².